The van der Waals surface area contributed by atoms with Crippen molar-refractivity contribution >= 4 is 11.9 Å². The number of carbonyl (C=O) groups is 2. The number of methoxy groups -OCH3 is 2. The van der Waals surface area contributed by atoms with E-state index in [2.05, 4.69) is 0 Å². The first-order valence-corrected chi connectivity index (χ1v) is 10.7. The monoisotopic (exact) mass is 466 g/mol. The average molecular weight is 467 g/mol. The smallest absolute Gasteiger partial charge is 0.332 e. The molecule has 0 aliphatic heterocycles. The molecule has 0 N–H and O–H groups in total. The van der Waals surface area contributed by atoms with E-state index in [1.54, 1.807) is 55.8 Å². The summed E-state index contributed by atoms with van der Waals surface area (Å²) in [6.07, 6.45) is 0.120. The summed E-state index contributed by atoms with van der Waals surface area (Å²) in [7, 11) is 3.08. The third kappa shape index (κ3) is 19.4. The van der Waals surface area contributed by atoms with Gasteiger partial charge in [-0.05, 0) is 41.5 Å². The molecule has 2 atom stereocenters. The van der Waals surface area contributed by atoms with Gasteiger partial charge in [-0.2, -0.15) is 0 Å². The molecule has 190 valence electrons. The summed E-state index contributed by atoms with van der Waals surface area (Å²) in [5.41, 5.74) is -1.08. The molecule has 0 heterocycles. The van der Waals surface area contributed by atoms with Crippen LogP contribution in [-0.4, -0.2) is 89.6 Å². The lowest BCUT2D eigenvalue weighted by Crippen LogP contribution is -2.28. The summed E-state index contributed by atoms with van der Waals surface area (Å²) in [4.78, 5) is 23.1. The minimum absolute atomic E-state index is 0.131. The third-order valence-electron chi connectivity index (χ3n) is 3.51. The highest BCUT2D eigenvalue weighted by molar-refractivity contribution is 5.71. The summed E-state index contributed by atoms with van der Waals surface area (Å²) in [5, 5.41) is 0. The zero-order valence-electron chi connectivity index (χ0n) is 20.9. The summed E-state index contributed by atoms with van der Waals surface area (Å²) >= 11 is 0. The van der Waals surface area contributed by atoms with E-state index in [0.717, 1.165) is 0 Å². The Bertz CT molecular complexity index is 464. The second kappa shape index (κ2) is 16.3. The van der Waals surface area contributed by atoms with Crippen LogP contribution in [0.4, 0.5) is 0 Å². The van der Waals surface area contributed by atoms with Crippen molar-refractivity contribution in [3.05, 3.63) is 0 Å². The first kappa shape index (κ1) is 30.7. The second-order valence-electron chi connectivity index (χ2n) is 8.93. The van der Waals surface area contributed by atoms with E-state index in [-0.39, 0.29) is 39.6 Å². The largest absolute Gasteiger partial charge is 0.458 e. The normalized spacial score (nSPS) is 14.1. The van der Waals surface area contributed by atoms with Crippen molar-refractivity contribution in [1.82, 2.24) is 0 Å². The number of carbonyl (C=O) groups excluding carboxylic acids is 2. The van der Waals surface area contributed by atoms with Crippen LogP contribution in [-0.2, 0) is 47.5 Å². The summed E-state index contributed by atoms with van der Waals surface area (Å²) in [5.74, 6) is -0.841. The highest BCUT2D eigenvalue weighted by Crippen LogP contribution is 2.11. The molecule has 0 aromatic heterocycles. The Morgan fingerprint density at radius 1 is 0.625 bits per heavy atom. The van der Waals surface area contributed by atoms with Crippen LogP contribution in [0.3, 0.4) is 0 Å². The van der Waals surface area contributed by atoms with Crippen LogP contribution in [0.25, 0.3) is 0 Å². The van der Waals surface area contributed by atoms with Gasteiger partial charge >= 0.3 is 11.9 Å². The Morgan fingerprint density at radius 3 is 1.25 bits per heavy atom. The molecule has 10 nitrogen and oxygen atoms in total. The molecule has 0 aromatic carbocycles. The van der Waals surface area contributed by atoms with Crippen LogP contribution in [0.5, 0.6) is 0 Å². The third-order valence-corrected chi connectivity index (χ3v) is 3.51. The topological polar surface area (TPSA) is 108 Å². The molecule has 0 radical (unpaired) electrons. The quantitative estimate of drug-likeness (QED) is 0.180. The van der Waals surface area contributed by atoms with Gasteiger partial charge in [0.15, 0.2) is 12.6 Å². The fourth-order valence-electron chi connectivity index (χ4n) is 2.34. The van der Waals surface area contributed by atoms with E-state index in [1.165, 1.54) is 0 Å². The molecule has 0 aromatic rings. The molecule has 0 saturated carbocycles. The number of esters is 2. The summed E-state index contributed by atoms with van der Waals surface area (Å²) < 4.78 is 42.6. The van der Waals surface area contributed by atoms with Gasteiger partial charge in [0, 0.05) is 27.1 Å². The van der Waals surface area contributed by atoms with Crippen molar-refractivity contribution < 1.29 is 47.5 Å². The minimum atomic E-state index is -0.539. The summed E-state index contributed by atoms with van der Waals surface area (Å²) in [6.45, 7) is 11.5. The maximum Gasteiger partial charge on any atom is 0.332 e. The second-order valence-corrected chi connectivity index (χ2v) is 8.93. The van der Waals surface area contributed by atoms with Crippen LogP contribution >= 0.6 is 0 Å². The summed E-state index contributed by atoms with van der Waals surface area (Å²) in [6, 6.07) is 0. The number of hydrogen-bond acceptors (Lipinski definition) is 10. The lowest BCUT2D eigenvalue weighted by Gasteiger charge is -2.21. The van der Waals surface area contributed by atoms with E-state index in [9.17, 15) is 9.59 Å². The van der Waals surface area contributed by atoms with E-state index in [1.807, 2.05) is 0 Å². The van der Waals surface area contributed by atoms with Crippen LogP contribution in [0.15, 0.2) is 0 Å². The molecular weight excluding hydrogens is 424 g/mol. The van der Waals surface area contributed by atoms with Crippen LogP contribution in [0.1, 0.15) is 54.4 Å². The van der Waals surface area contributed by atoms with E-state index < -0.39 is 35.7 Å². The molecule has 10 heteroatoms. The Balaban J connectivity index is 3.92. The van der Waals surface area contributed by atoms with E-state index >= 15 is 0 Å². The molecule has 1 unspecified atom stereocenters. The standard InChI is InChI=1S/C22H42O10/c1-21(2,3)31-17(23)15-27-11-13-29-19(25-7)9-10-20(26-8)30-14-12-28-16-18(24)32-22(4,5)6/h19-20H,9-16H2,1-8H3/t19-,20?/m1/s1. The minimum Gasteiger partial charge on any atom is -0.458 e. The highest BCUT2D eigenvalue weighted by atomic mass is 16.7. The van der Waals surface area contributed by atoms with E-state index in [0.29, 0.717) is 12.8 Å². The maximum absolute atomic E-state index is 11.6. The van der Waals surface area contributed by atoms with Gasteiger partial charge in [-0.3, -0.25) is 0 Å². The Morgan fingerprint density at radius 2 is 0.969 bits per heavy atom. The number of hydrogen-bond donors (Lipinski definition) is 0. The van der Waals surface area contributed by atoms with Crippen molar-refractivity contribution in [2.75, 3.05) is 53.9 Å². The zero-order chi connectivity index (χ0) is 24.6. The molecule has 0 amide bonds. The zero-order valence-corrected chi connectivity index (χ0v) is 20.9. The van der Waals surface area contributed by atoms with Gasteiger partial charge in [0.1, 0.15) is 24.4 Å². The van der Waals surface area contributed by atoms with Gasteiger partial charge in [0.25, 0.3) is 0 Å². The van der Waals surface area contributed by atoms with Crippen LogP contribution in [0.2, 0.25) is 0 Å². The fraction of sp³-hybridized carbons (Fsp3) is 0.909. The van der Waals surface area contributed by atoms with Crippen molar-refractivity contribution in [3.63, 3.8) is 0 Å². The predicted octanol–water partition coefficient (Wildman–Crippen LogP) is 2.46. The predicted molar refractivity (Wildman–Crippen MR) is 116 cm³/mol. The SMILES string of the molecule is COC(CC[C@H](OC)OCCOCC(=O)OC(C)(C)C)OCCOCC(=O)OC(C)(C)C. The van der Waals surface area contributed by atoms with Gasteiger partial charge in [0.2, 0.25) is 0 Å². The molecule has 0 bridgehead atoms. The number of rotatable bonds is 17. The Kier molecular flexibility index (Phi) is 15.7. The fourth-order valence-corrected chi connectivity index (χ4v) is 2.34. The average Bonchev–Trinajstić information content (AvgIpc) is 2.65. The molecule has 0 saturated heterocycles. The van der Waals surface area contributed by atoms with Crippen molar-refractivity contribution in [3.8, 4) is 0 Å². The van der Waals surface area contributed by atoms with Crippen LogP contribution < -0.4 is 0 Å². The molecule has 0 spiro atoms. The lowest BCUT2D eigenvalue weighted by atomic mass is 10.2. The first-order chi connectivity index (χ1) is 14.9. The molecule has 0 rings (SSSR count). The molecule has 0 aliphatic carbocycles. The van der Waals surface area contributed by atoms with Gasteiger partial charge in [-0.1, -0.05) is 0 Å². The maximum atomic E-state index is 11.6. The van der Waals surface area contributed by atoms with Gasteiger partial charge in [-0.25, -0.2) is 9.59 Å². The first-order valence-electron chi connectivity index (χ1n) is 10.7. The highest BCUT2D eigenvalue weighted by Gasteiger charge is 2.18. The Labute approximate surface area is 192 Å². The van der Waals surface area contributed by atoms with E-state index in [4.69, 9.17) is 37.9 Å². The van der Waals surface area contributed by atoms with Crippen molar-refractivity contribution in [2.45, 2.75) is 78.2 Å². The van der Waals surface area contributed by atoms with Gasteiger partial charge in [0.05, 0.1) is 26.4 Å². The lowest BCUT2D eigenvalue weighted by molar-refractivity contribution is -0.174. The van der Waals surface area contributed by atoms with Gasteiger partial charge < -0.3 is 37.9 Å². The van der Waals surface area contributed by atoms with Gasteiger partial charge in [-0.15, -0.1) is 0 Å². The molecule has 32 heavy (non-hydrogen) atoms. The molecular formula is C22H42O10. The molecule has 0 aliphatic rings. The molecule has 0 fully saturated rings. The van der Waals surface area contributed by atoms with Crippen molar-refractivity contribution in [2.24, 2.45) is 0 Å². The number of ether oxygens (including phenoxy) is 8. The Hall–Kier alpha value is -1.30. The van der Waals surface area contributed by atoms with Crippen molar-refractivity contribution in [1.29, 1.82) is 0 Å². The van der Waals surface area contributed by atoms with Crippen LogP contribution in [0, 0.1) is 0 Å².